The summed E-state index contributed by atoms with van der Waals surface area (Å²) in [6.45, 7) is 0. The molecule has 110 valence electrons. The molecule has 0 saturated carbocycles. The van der Waals surface area contributed by atoms with Crippen molar-refractivity contribution < 1.29 is 8.42 Å². The van der Waals surface area contributed by atoms with E-state index in [1.165, 1.54) is 23.4 Å². The third kappa shape index (κ3) is 2.91. The van der Waals surface area contributed by atoms with Crippen LogP contribution in [0.3, 0.4) is 0 Å². The lowest BCUT2D eigenvalue weighted by atomic mass is 9.89. The highest BCUT2D eigenvalue weighted by molar-refractivity contribution is 7.89. The van der Waals surface area contributed by atoms with Gasteiger partial charge in [-0.2, -0.15) is 0 Å². The molecule has 1 atom stereocenters. The predicted octanol–water partition coefficient (Wildman–Crippen LogP) is 1.50. The molecule has 5 nitrogen and oxygen atoms in total. The highest BCUT2D eigenvalue weighted by Gasteiger charge is 2.26. The van der Waals surface area contributed by atoms with Gasteiger partial charge in [0.15, 0.2) is 5.03 Å². The molecule has 1 heterocycles. The fraction of sp³-hybridized carbons (Fsp3) is 0.267. The zero-order valence-electron chi connectivity index (χ0n) is 11.5. The molecule has 0 bridgehead atoms. The summed E-state index contributed by atoms with van der Waals surface area (Å²) in [5.74, 6) is 0. The quantitative estimate of drug-likeness (QED) is 0.900. The Kier molecular flexibility index (Phi) is 3.65. The molecule has 3 N–H and O–H groups in total. The van der Waals surface area contributed by atoms with Crippen molar-refractivity contribution in [1.29, 1.82) is 0 Å². The number of fused-ring (bicyclic) bond motifs is 1. The van der Waals surface area contributed by atoms with Gasteiger partial charge in [0.25, 0.3) is 10.0 Å². The second-order valence-electron chi connectivity index (χ2n) is 5.23. The summed E-state index contributed by atoms with van der Waals surface area (Å²) < 4.78 is 27.5. The Labute approximate surface area is 124 Å². The SMILES string of the molecule is Nc1cccnc1S(=O)(=O)NC1CCc2ccccc2C1. The van der Waals surface area contributed by atoms with Crippen LogP contribution >= 0.6 is 0 Å². The third-order valence-electron chi connectivity index (χ3n) is 3.72. The van der Waals surface area contributed by atoms with Crippen LogP contribution in [0.5, 0.6) is 0 Å². The van der Waals surface area contributed by atoms with E-state index in [0.717, 1.165) is 12.8 Å². The van der Waals surface area contributed by atoms with Gasteiger partial charge >= 0.3 is 0 Å². The average Bonchev–Trinajstić information content (AvgIpc) is 2.47. The molecule has 21 heavy (non-hydrogen) atoms. The van der Waals surface area contributed by atoms with E-state index < -0.39 is 10.0 Å². The second-order valence-corrected chi connectivity index (χ2v) is 6.86. The maximum atomic E-state index is 12.4. The van der Waals surface area contributed by atoms with Gasteiger partial charge in [-0.15, -0.1) is 0 Å². The number of hydrogen-bond donors (Lipinski definition) is 2. The van der Waals surface area contributed by atoms with Crippen molar-refractivity contribution >= 4 is 15.7 Å². The van der Waals surface area contributed by atoms with Gasteiger partial charge in [-0.05, 0) is 42.5 Å². The van der Waals surface area contributed by atoms with Crippen molar-refractivity contribution in [2.45, 2.75) is 30.3 Å². The van der Waals surface area contributed by atoms with Gasteiger partial charge in [-0.25, -0.2) is 18.1 Å². The minimum absolute atomic E-state index is 0.0936. The van der Waals surface area contributed by atoms with Crippen molar-refractivity contribution in [1.82, 2.24) is 9.71 Å². The average molecular weight is 303 g/mol. The first-order chi connectivity index (χ1) is 10.1. The summed E-state index contributed by atoms with van der Waals surface area (Å²) >= 11 is 0. The zero-order chi connectivity index (χ0) is 14.9. The molecular weight excluding hydrogens is 286 g/mol. The van der Waals surface area contributed by atoms with Gasteiger partial charge in [0.2, 0.25) is 0 Å². The maximum Gasteiger partial charge on any atom is 0.260 e. The van der Waals surface area contributed by atoms with Crippen molar-refractivity contribution in [3.8, 4) is 0 Å². The normalized spacial score (nSPS) is 18.2. The Morgan fingerprint density at radius 3 is 2.67 bits per heavy atom. The molecule has 0 aliphatic heterocycles. The Hall–Kier alpha value is -1.92. The van der Waals surface area contributed by atoms with Crippen LogP contribution in [0.25, 0.3) is 0 Å². The number of aryl methyl sites for hydroxylation is 1. The van der Waals surface area contributed by atoms with Crippen LogP contribution in [0.2, 0.25) is 0 Å². The molecule has 1 aliphatic rings. The Morgan fingerprint density at radius 2 is 1.90 bits per heavy atom. The Bertz CT molecular complexity index is 759. The minimum Gasteiger partial charge on any atom is -0.396 e. The van der Waals surface area contributed by atoms with Gasteiger partial charge in [0, 0.05) is 12.2 Å². The first-order valence-corrected chi connectivity index (χ1v) is 8.34. The summed E-state index contributed by atoms with van der Waals surface area (Å²) in [5.41, 5.74) is 8.37. The molecule has 0 amide bonds. The fourth-order valence-corrected chi connectivity index (χ4v) is 4.03. The number of nitrogens with zero attached hydrogens (tertiary/aromatic N) is 1. The van der Waals surface area contributed by atoms with Gasteiger partial charge in [0.1, 0.15) is 0 Å². The number of rotatable bonds is 3. The first kappa shape index (κ1) is 14.0. The minimum atomic E-state index is -3.68. The van der Waals surface area contributed by atoms with E-state index in [0.29, 0.717) is 6.42 Å². The summed E-state index contributed by atoms with van der Waals surface area (Å²) in [6.07, 6.45) is 3.78. The number of nitrogens with one attached hydrogen (secondary N) is 1. The fourth-order valence-electron chi connectivity index (χ4n) is 2.70. The largest absolute Gasteiger partial charge is 0.396 e. The lowest BCUT2D eigenvalue weighted by molar-refractivity contribution is 0.506. The van der Waals surface area contributed by atoms with Crippen LogP contribution in [0.1, 0.15) is 17.5 Å². The Morgan fingerprint density at radius 1 is 1.14 bits per heavy atom. The van der Waals surface area contributed by atoms with E-state index in [2.05, 4.69) is 15.8 Å². The maximum absolute atomic E-state index is 12.4. The molecule has 0 spiro atoms. The molecule has 1 aliphatic carbocycles. The molecule has 6 heteroatoms. The highest BCUT2D eigenvalue weighted by atomic mass is 32.2. The summed E-state index contributed by atoms with van der Waals surface area (Å²) in [5, 5.41) is -0.0936. The summed E-state index contributed by atoms with van der Waals surface area (Å²) in [4.78, 5) is 3.88. The number of benzene rings is 1. The van der Waals surface area contributed by atoms with Crippen molar-refractivity contribution in [2.75, 3.05) is 5.73 Å². The highest BCUT2D eigenvalue weighted by Crippen LogP contribution is 2.23. The number of nitrogens with two attached hydrogens (primary N) is 1. The lowest BCUT2D eigenvalue weighted by Gasteiger charge is -2.25. The summed E-state index contributed by atoms with van der Waals surface area (Å²) in [7, 11) is -3.68. The number of anilines is 1. The molecule has 3 rings (SSSR count). The van der Waals surface area contributed by atoms with Crippen LogP contribution in [0, 0.1) is 0 Å². The third-order valence-corrected chi connectivity index (χ3v) is 5.22. The second kappa shape index (κ2) is 5.46. The number of sulfonamides is 1. The van der Waals surface area contributed by atoms with Gasteiger partial charge in [-0.1, -0.05) is 24.3 Å². The smallest absolute Gasteiger partial charge is 0.260 e. The molecule has 1 aromatic heterocycles. The van der Waals surface area contributed by atoms with Gasteiger partial charge < -0.3 is 5.73 Å². The molecule has 0 saturated heterocycles. The molecule has 2 aromatic rings. The molecule has 1 aromatic carbocycles. The van der Waals surface area contributed by atoms with Gasteiger partial charge in [-0.3, -0.25) is 0 Å². The number of nitrogen functional groups attached to an aromatic ring is 1. The van der Waals surface area contributed by atoms with Crippen molar-refractivity contribution in [3.63, 3.8) is 0 Å². The standard InChI is InChI=1S/C15H17N3O2S/c16-14-6-3-9-17-15(14)21(19,20)18-13-8-7-11-4-1-2-5-12(11)10-13/h1-6,9,13,18H,7-8,10,16H2. The van der Waals surface area contributed by atoms with Crippen LogP contribution in [0.4, 0.5) is 5.69 Å². The summed E-state index contributed by atoms with van der Waals surface area (Å²) in [6, 6.07) is 11.2. The number of hydrogen-bond acceptors (Lipinski definition) is 4. The van der Waals surface area contributed by atoms with Crippen LogP contribution < -0.4 is 10.5 Å². The Balaban J connectivity index is 1.80. The number of pyridine rings is 1. The zero-order valence-corrected chi connectivity index (χ0v) is 12.3. The van der Waals surface area contributed by atoms with Gasteiger partial charge in [0.05, 0.1) is 5.69 Å². The first-order valence-electron chi connectivity index (χ1n) is 6.86. The van der Waals surface area contributed by atoms with Crippen LogP contribution in [0.15, 0.2) is 47.6 Å². The van der Waals surface area contributed by atoms with Crippen LogP contribution in [-0.4, -0.2) is 19.4 Å². The molecule has 0 radical (unpaired) electrons. The van der Waals surface area contributed by atoms with E-state index in [1.807, 2.05) is 18.2 Å². The van der Waals surface area contributed by atoms with Crippen LogP contribution in [-0.2, 0) is 22.9 Å². The topological polar surface area (TPSA) is 85.1 Å². The monoisotopic (exact) mass is 303 g/mol. The van der Waals surface area contributed by atoms with E-state index in [-0.39, 0.29) is 16.8 Å². The molecular formula is C15H17N3O2S. The van der Waals surface area contributed by atoms with E-state index >= 15 is 0 Å². The van der Waals surface area contributed by atoms with Crippen molar-refractivity contribution in [3.05, 3.63) is 53.7 Å². The molecule has 0 fully saturated rings. The predicted molar refractivity (Wildman–Crippen MR) is 81.2 cm³/mol. The van der Waals surface area contributed by atoms with E-state index in [9.17, 15) is 8.42 Å². The lowest BCUT2D eigenvalue weighted by Crippen LogP contribution is -2.39. The number of aromatic nitrogens is 1. The van der Waals surface area contributed by atoms with Crippen molar-refractivity contribution in [2.24, 2.45) is 0 Å². The molecule has 1 unspecified atom stereocenters. The van der Waals surface area contributed by atoms with E-state index in [4.69, 9.17) is 5.73 Å². The van der Waals surface area contributed by atoms with E-state index in [1.54, 1.807) is 6.07 Å².